The summed E-state index contributed by atoms with van der Waals surface area (Å²) in [6.45, 7) is 2.56. The number of Topliss-reactive ketones (excluding diaryl/α,β-unsaturated/α-hetero) is 1. The summed E-state index contributed by atoms with van der Waals surface area (Å²) in [7, 11) is 5.64. The molecule has 0 aliphatic carbocycles. The van der Waals surface area contributed by atoms with Crippen LogP contribution in [0.15, 0.2) is 72.8 Å². The molecule has 4 rings (SSSR count). The molecule has 4 nitrogen and oxygen atoms in total. The largest absolute Gasteiger partial charge is 0.496 e. The van der Waals surface area contributed by atoms with Gasteiger partial charge in [-0.15, -0.1) is 0 Å². The Morgan fingerprint density at radius 1 is 0.933 bits per heavy atom. The highest BCUT2D eigenvalue weighted by molar-refractivity contribution is 6.03. The minimum Gasteiger partial charge on any atom is -0.496 e. The van der Waals surface area contributed by atoms with Gasteiger partial charge in [0.2, 0.25) is 0 Å². The van der Waals surface area contributed by atoms with E-state index in [0.29, 0.717) is 17.9 Å². The molecule has 0 saturated heterocycles. The monoisotopic (exact) mass is 401 g/mol. The minimum absolute atomic E-state index is 0.0756. The molecule has 1 unspecified atom stereocenters. The fourth-order valence-electron chi connectivity index (χ4n) is 4.40. The lowest BCUT2D eigenvalue weighted by molar-refractivity contribution is 0.0298. The molecule has 1 atom stereocenters. The lowest BCUT2D eigenvalue weighted by Gasteiger charge is -2.44. The SMILES string of the molecule is COc1ccc2c(c1CN(C)C)OC(c1ccccc1)(c1ccccc1)C(C)C2=O. The number of ketones is 1. The molecule has 0 spiro atoms. The highest BCUT2D eigenvalue weighted by Gasteiger charge is 2.50. The highest BCUT2D eigenvalue weighted by atomic mass is 16.5. The quantitative estimate of drug-likeness (QED) is 0.609. The van der Waals surface area contributed by atoms with Crippen LogP contribution in [0.4, 0.5) is 0 Å². The van der Waals surface area contributed by atoms with E-state index in [2.05, 4.69) is 4.90 Å². The van der Waals surface area contributed by atoms with Crippen LogP contribution in [0.3, 0.4) is 0 Å². The van der Waals surface area contributed by atoms with Crippen molar-refractivity contribution in [3.63, 3.8) is 0 Å². The molecule has 0 radical (unpaired) electrons. The molecule has 30 heavy (non-hydrogen) atoms. The first-order valence-corrected chi connectivity index (χ1v) is 10.2. The second-order valence-electron chi connectivity index (χ2n) is 8.02. The van der Waals surface area contributed by atoms with E-state index < -0.39 is 11.5 Å². The Labute approximate surface area is 178 Å². The van der Waals surface area contributed by atoms with Crippen LogP contribution >= 0.6 is 0 Å². The zero-order valence-electron chi connectivity index (χ0n) is 17.9. The van der Waals surface area contributed by atoms with Gasteiger partial charge < -0.3 is 14.4 Å². The number of fused-ring (bicyclic) bond motifs is 1. The highest BCUT2D eigenvalue weighted by Crippen LogP contribution is 2.50. The van der Waals surface area contributed by atoms with Gasteiger partial charge in [0.25, 0.3) is 0 Å². The van der Waals surface area contributed by atoms with Crippen molar-refractivity contribution >= 4 is 5.78 Å². The Morgan fingerprint density at radius 2 is 1.50 bits per heavy atom. The first-order chi connectivity index (χ1) is 14.5. The second kappa shape index (κ2) is 7.96. The number of ether oxygens (including phenoxy) is 2. The van der Waals surface area contributed by atoms with E-state index in [1.54, 1.807) is 7.11 Å². The molecular weight excluding hydrogens is 374 g/mol. The minimum atomic E-state index is -0.917. The summed E-state index contributed by atoms with van der Waals surface area (Å²) < 4.78 is 12.6. The number of methoxy groups -OCH3 is 1. The smallest absolute Gasteiger partial charge is 0.174 e. The molecule has 3 aromatic rings. The molecule has 1 aliphatic rings. The van der Waals surface area contributed by atoms with E-state index in [1.165, 1.54) is 0 Å². The molecule has 0 saturated carbocycles. The Kier molecular flexibility index (Phi) is 5.35. The van der Waals surface area contributed by atoms with Gasteiger partial charge in [0.05, 0.1) is 24.2 Å². The van der Waals surface area contributed by atoms with Gasteiger partial charge in [-0.1, -0.05) is 67.6 Å². The van der Waals surface area contributed by atoms with E-state index in [4.69, 9.17) is 9.47 Å². The van der Waals surface area contributed by atoms with Crippen LogP contribution in [0.2, 0.25) is 0 Å². The lowest BCUT2D eigenvalue weighted by atomic mass is 9.71. The molecule has 0 bridgehead atoms. The van der Waals surface area contributed by atoms with E-state index in [9.17, 15) is 4.79 Å². The second-order valence-corrected chi connectivity index (χ2v) is 8.02. The van der Waals surface area contributed by atoms with Gasteiger partial charge in [0.1, 0.15) is 11.5 Å². The molecule has 0 N–H and O–H groups in total. The third kappa shape index (κ3) is 3.17. The first kappa shape index (κ1) is 20.2. The first-order valence-electron chi connectivity index (χ1n) is 10.2. The number of carbonyl (C=O) groups excluding carboxylic acids is 1. The van der Waals surface area contributed by atoms with E-state index >= 15 is 0 Å². The van der Waals surface area contributed by atoms with E-state index in [1.807, 2.05) is 93.8 Å². The van der Waals surface area contributed by atoms with Gasteiger partial charge in [0.15, 0.2) is 11.4 Å². The van der Waals surface area contributed by atoms with Crippen LogP contribution in [-0.2, 0) is 12.1 Å². The van der Waals surface area contributed by atoms with E-state index in [-0.39, 0.29) is 5.78 Å². The van der Waals surface area contributed by atoms with Gasteiger partial charge >= 0.3 is 0 Å². The number of nitrogens with zero attached hydrogens (tertiary/aromatic N) is 1. The average molecular weight is 402 g/mol. The molecule has 0 amide bonds. The van der Waals surface area contributed by atoms with Gasteiger partial charge in [0, 0.05) is 17.7 Å². The molecule has 1 heterocycles. The Morgan fingerprint density at radius 3 is 2.00 bits per heavy atom. The maximum Gasteiger partial charge on any atom is 0.174 e. The predicted molar refractivity (Wildman–Crippen MR) is 118 cm³/mol. The number of hydrogen-bond acceptors (Lipinski definition) is 4. The van der Waals surface area contributed by atoms with Crippen LogP contribution < -0.4 is 9.47 Å². The van der Waals surface area contributed by atoms with Crippen molar-refractivity contribution in [2.24, 2.45) is 5.92 Å². The number of carbonyl (C=O) groups is 1. The zero-order valence-corrected chi connectivity index (χ0v) is 17.9. The Balaban J connectivity index is 2.01. The maximum absolute atomic E-state index is 13.7. The summed E-state index contributed by atoms with van der Waals surface area (Å²) in [5.74, 6) is 1.01. The van der Waals surface area contributed by atoms with Gasteiger partial charge in [-0.3, -0.25) is 4.79 Å². The molecule has 4 heteroatoms. The molecular formula is C26H27NO3. The Hall–Kier alpha value is -3.11. The summed E-state index contributed by atoms with van der Waals surface area (Å²) in [6.07, 6.45) is 0. The van der Waals surface area contributed by atoms with Gasteiger partial charge in [-0.2, -0.15) is 0 Å². The van der Waals surface area contributed by atoms with Crippen molar-refractivity contribution in [2.45, 2.75) is 19.1 Å². The van der Waals surface area contributed by atoms with Crippen LogP contribution in [-0.4, -0.2) is 31.9 Å². The number of hydrogen-bond donors (Lipinski definition) is 0. The number of rotatable bonds is 5. The van der Waals surface area contributed by atoms with Gasteiger partial charge in [-0.05, 0) is 26.2 Å². The van der Waals surface area contributed by atoms with Crippen molar-refractivity contribution in [1.29, 1.82) is 0 Å². The third-order valence-electron chi connectivity index (χ3n) is 5.85. The van der Waals surface area contributed by atoms with E-state index in [0.717, 1.165) is 22.4 Å². The van der Waals surface area contributed by atoms with Crippen molar-refractivity contribution < 1.29 is 14.3 Å². The third-order valence-corrected chi connectivity index (χ3v) is 5.85. The van der Waals surface area contributed by atoms with Crippen LogP contribution in [0.5, 0.6) is 11.5 Å². The summed E-state index contributed by atoms with van der Waals surface area (Å²) in [6, 6.07) is 23.7. The van der Waals surface area contributed by atoms with Gasteiger partial charge in [-0.25, -0.2) is 0 Å². The standard InChI is InChI=1S/C26H27NO3/c1-18-24(28)21-15-16-23(29-4)22(17-27(2)3)25(21)30-26(18,19-11-7-5-8-12-19)20-13-9-6-10-14-20/h5-16,18H,17H2,1-4H3. The number of benzene rings is 3. The van der Waals surface area contributed by atoms with Crippen LogP contribution in [0.1, 0.15) is 34.0 Å². The fraction of sp³-hybridized carbons (Fsp3) is 0.269. The Bertz CT molecular complexity index is 1010. The molecule has 154 valence electrons. The molecule has 0 fully saturated rings. The zero-order chi connectivity index (χ0) is 21.3. The molecule has 3 aromatic carbocycles. The normalized spacial score (nSPS) is 17.4. The topological polar surface area (TPSA) is 38.8 Å². The average Bonchev–Trinajstić information content (AvgIpc) is 2.77. The van der Waals surface area contributed by atoms with Crippen LogP contribution in [0, 0.1) is 5.92 Å². The summed E-state index contributed by atoms with van der Waals surface area (Å²) in [5.41, 5.74) is 2.50. The van der Waals surface area contributed by atoms with Crippen molar-refractivity contribution in [3.8, 4) is 11.5 Å². The maximum atomic E-state index is 13.7. The summed E-state index contributed by atoms with van der Waals surface area (Å²) in [5, 5.41) is 0. The summed E-state index contributed by atoms with van der Waals surface area (Å²) in [4.78, 5) is 15.7. The summed E-state index contributed by atoms with van der Waals surface area (Å²) >= 11 is 0. The lowest BCUT2D eigenvalue weighted by Crippen LogP contribution is -2.48. The van der Waals surface area contributed by atoms with Crippen molar-refractivity contribution in [1.82, 2.24) is 4.90 Å². The molecule has 0 aromatic heterocycles. The van der Waals surface area contributed by atoms with Crippen molar-refractivity contribution in [2.75, 3.05) is 21.2 Å². The van der Waals surface area contributed by atoms with Crippen LogP contribution in [0.25, 0.3) is 0 Å². The van der Waals surface area contributed by atoms with Crippen molar-refractivity contribution in [3.05, 3.63) is 95.1 Å². The molecule has 1 aliphatic heterocycles. The fourth-order valence-corrected chi connectivity index (χ4v) is 4.40. The predicted octanol–water partition coefficient (Wildman–Crippen LogP) is 4.91.